The van der Waals surface area contributed by atoms with Crippen LogP contribution in [0.15, 0.2) is 41.5 Å². The van der Waals surface area contributed by atoms with E-state index in [2.05, 4.69) is 15.3 Å². The van der Waals surface area contributed by atoms with E-state index in [1.54, 1.807) is 13.3 Å². The van der Waals surface area contributed by atoms with Crippen molar-refractivity contribution in [3.05, 3.63) is 47.0 Å². The smallest absolute Gasteiger partial charge is 0.259 e. The zero-order valence-electron chi connectivity index (χ0n) is 13.9. The van der Waals surface area contributed by atoms with Gasteiger partial charge in [-0.15, -0.1) is 0 Å². The van der Waals surface area contributed by atoms with Crippen LogP contribution >= 0.6 is 0 Å². The third kappa shape index (κ3) is 2.81. The Morgan fingerprint density at radius 1 is 1.40 bits per heavy atom. The molecule has 1 aliphatic rings. The van der Waals surface area contributed by atoms with Gasteiger partial charge in [-0.2, -0.15) is 0 Å². The summed E-state index contributed by atoms with van der Waals surface area (Å²) in [4.78, 5) is 19.9. The largest absolute Gasteiger partial charge is 0.497 e. The molecule has 0 saturated carbocycles. The third-order valence-corrected chi connectivity index (χ3v) is 4.77. The van der Waals surface area contributed by atoms with E-state index in [-0.39, 0.29) is 24.2 Å². The van der Waals surface area contributed by atoms with Crippen LogP contribution in [0.1, 0.15) is 12.5 Å². The second kappa shape index (κ2) is 6.34. The molecule has 0 spiro atoms. The Labute approximate surface area is 144 Å². The summed E-state index contributed by atoms with van der Waals surface area (Å²) >= 11 is 0. The molecule has 3 aromatic rings. The first-order chi connectivity index (χ1) is 12.2. The molecule has 1 aliphatic heterocycles. The molecule has 0 bridgehead atoms. The quantitative estimate of drug-likeness (QED) is 0.666. The number of rotatable bonds is 4. The molecule has 7 heteroatoms. The highest BCUT2D eigenvalue weighted by Gasteiger charge is 2.27. The van der Waals surface area contributed by atoms with E-state index in [9.17, 15) is 9.90 Å². The fraction of sp³-hybridized carbons (Fsp3) is 0.333. The molecular weight excluding hydrogens is 320 g/mol. The minimum Gasteiger partial charge on any atom is -0.497 e. The SMILES string of the molecule is COc1ccc2[nH]c(=O)c(-c3nccn3[C@@H]3CN[C@H](CO)C3)cc2c1. The monoisotopic (exact) mass is 340 g/mol. The number of benzene rings is 1. The number of hydrogen-bond donors (Lipinski definition) is 3. The van der Waals surface area contributed by atoms with Crippen molar-refractivity contribution < 1.29 is 9.84 Å². The molecule has 130 valence electrons. The standard InChI is InChI=1S/C18H20N4O3/c1-25-14-2-3-16-11(6-14)7-15(18(24)21-16)17-19-4-5-22(17)13-8-12(10-23)20-9-13/h2-7,12-13,20,23H,8-10H2,1H3,(H,21,24)/t12-,13-/m0/s1. The summed E-state index contributed by atoms with van der Waals surface area (Å²) < 4.78 is 7.28. The van der Waals surface area contributed by atoms with Gasteiger partial charge >= 0.3 is 0 Å². The van der Waals surface area contributed by atoms with E-state index in [1.165, 1.54) is 0 Å². The Morgan fingerprint density at radius 3 is 3.04 bits per heavy atom. The van der Waals surface area contributed by atoms with E-state index in [1.807, 2.05) is 35.0 Å². The van der Waals surface area contributed by atoms with Gasteiger partial charge in [0.2, 0.25) is 0 Å². The first-order valence-electron chi connectivity index (χ1n) is 8.28. The van der Waals surface area contributed by atoms with Crippen LogP contribution in [0.4, 0.5) is 0 Å². The molecule has 1 aromatic carbocycles. The molecule has 1 saturated heterocycles. The molecule has 25 heavy (non-hydrogen) atoms. The van der Waals surface area contributed by atoms with Crippen molar-refractivity contribution in [2.24, 2.45) is 0 Å². The van der Waals surface area contributed by atoms with Crippen molar-refractivity contribution in [3.8, 4) is 17.1 Å². The first kappa shape index (κ1) is 15.9. The van der Waals surface area contributed by atoms with Crippen molar-refractivity contribution in [3.63, 3.8) is 0 Å². The zero-order valence-corrected chi connectivity index (χ0v) is 13.9. The highest BCUT2D eigenvalue weighted by Crippen LogP contribution is 2.27. The van der Waals surface area contributed by atoms with Crippen LogP contribution in [0.2, 0.25) is 0 Å². The zero-order chi connectivity index (χ0) is 17.4. The van der Waals surface area contributed by atoms with Crippen molar-refractivity contribution in [1.29, 1.82) is 0 Å². The van der Waals surface area contributed by atoms with Gasteiger partial charge < -0.3 is 24.7 Å². The number of aromatic amines is 1. The maximum atomic E-state index is 12.6. The summed E-state index contributed by atoms with van der Waals surface area (Å²) in [5.74, 6) is 1.37. The number of aliphatic hydroxyl groups is 1. The summed E-state index contributed by atoms with van der Waals surface area (Å²) in [5.41, 5.74) is 1.11. The van der Waals surface area contributed by atoms with E-state index >= 15 is 0 Å². The van der Waals surface area contributed by atoms with Gasteiger partial charge in [-0.05, 0) is 30.7 Å². The molecule has 7 nitrogen and oxygen atoms in total. The number of pyridine rings is 1. The highest BCUT2D eigenvalue weighted by molar-refractivity contribution is 5.83. The average Bonchev–Trinajstić information content (AvgIpc) is 3.29. The minimum atomic E-state index is -0.171. The third-order valence-electron chi connectivity index (χ3n) is 4.77. The van der Waals surface area contributed by atoms with Gasteiger partial charge in [0.1, 0.15) is 11.6 Å². The molecular formula is C18H20N4O3. The van der Waals surface area contributed by atoms with E-state index < -0.39 is 0 Å². The fourth-order valence-corrected chi connectivity index (χ4v) is 3.44. The summed E-state index contributed by atoms with van der Waals surface area (Å²) in [6, 6.07) is 7.63. The Bertz CT molecular complexity index is 962. The van der Waals surface area contributed by atoms with Crippen molar-refractivity contribution in [1.82, 2.24) is 19.9 Å². The number of aliphatic hydroxyl groups excluding tert-OH is 1. The summed E-state index contributed by atoms with van der Waals surface area (Å²) in [5, 5.41) is 13.5. The highest BCUT2D eigenvalue weighted by atomic mass is 16.5. The Kier molecular flexibility index (Phi) is 4.03. The lowest BCUT2D eigenvalue weighted by atomic mass is 10.1. The second-order valence-corrected chi connectivity index (χ2v) is 6.30. The molecule has 1 fully saturated rings. The maximum absolute atomic E-state index is 12.6. The maximum Gasteiger partial charge on any atom is 0.259 e. The molecule has 2 aromatic heterocycles. The molecule has 0 aliphatic carbocycles. The molecule has 0 radical (unpaired) electrons. The predicted molar refractivity (Wildman–Crippen MR) is 94.9 cm³/mol. The van der Waals surface area contributed by atoms with Gasteiger partial charge in [0, 0.05) is 41.9 Å². The van der Waals surface area contributed by atoms with Crippen molar-refractivity contribution >= 4 is 10.9 Å². The predicted octanol–water partition coefficient (Wildman–Crippen LogP) is 1.30. The minimum absolute atomic E-state index is 0.0828. The van der Waals surface area contributed by atoms with Gasteiger partial charge in [0.05, 0.1) is 19.3 Å². The normalized spacial score (nSPS) is 20.2. The topological polar surface area (TPSA) is 92.2 Å². The second-order valence-electron chi connectivity index (χ2n) is 6.30. The van der Waals surface area contributed by atoms with Gasteiger partial charge in [0.25, 0.3) is 5.56 Å². The van der Waals surface area contributed by atoms with E-state index in [4.69, 9.17) is 4.74 Å². The van der Waals surface area contributed by atoms with Crippen LogP contribution in [-0.4, -0.2) is 45.9 Å². The number of ether oxygens (including phenoxy) is 1. The Morgan fingerprint density at radius 2 is 2.28 bits per heavy atom. The molecule has 3 heterocycles. The van der Waals surface area contributed by atoms with Crippen LogP contribution in [0.5, 0.6) is 5.75 Å². The van der Waals surface area contributed by atoms with Gasteiger partial charge in [-0.25, -0.2) is 4.98 Å². The number of methoxy groups -OCH3 is 1. The molecule has 0 amide bonds. The lowest BCUT2D eigenvalue weighted by molar-refractivity contribution is 0.253. The lowest BCUT2D eigenvalue weighted by Crippen LogP contribution is -2.24. The van der Waals surface area contributed by atoms with E-state index in [0.29, 0.717) is 11.4 Å². The van der Waals surface area contributed by atoms with Crippen molar-refractivity contribution in [2.45, 2.75) is 18.5 Å². The van der Waals surface area contributed by atoms with Crippen molar-refractivity contribution in [2.75, 3.05) is 20.3 Å². The van der Waals surface area contributed by atoms with Crippen LogP contribution in [0, 0.1) is 0 Å². The Balaban J connectivity index is 1.79. The number of nitrogens with one attached hydrogen (secondary N) is 2. The molecule has 4 rings (SSSR count). The van der Waals surface area contributed by atoms with Crippen LogP contribution in [-0.2, 0) is 0 Å². The number of imidazole rings is 1. The van der Waals surface area contributed by atoms with Crippen LogP contribution in [0.3, 0.4) is 0 Å². The first-order valence-corrected chi connectivity index (χ1v) is 8.28. The van der Waals surface area contributed by atoms with E-state index in [0.717, 1.165) is 29.6 Å². The number of hydrogen-bond acceptors (Lipinski definition) is 5. The van der Waals surface area contributed by atoms with Gasteiger partial charge in [0.15, 0.2) is 0 Å². The number of fused-ring (bicyclic) bond motifs is 1. The van der Waals surface area contributed by atoms with Crippen LogP contribution < -0.4 is 15.6 Å². The molecule has 3 N–H and O–H groups in total. The number of aromatic nitrogens is 3. The summed E-state index contributed by atoms with van der Waals surface area (Å²) in [6.07, 6.45) is 4.40. The fourth-order valence-electron chi connectivity index (χ4n) is 3.44. The number of H-pyrrole nitrogens is 1. The van der Waals surface area contributed by atoms with Crippen LogP contribution in [0.25, 0.3) is 22.3 Å². The average molecular weight is 340 g/mol. The van der Waals surface area contributed by atoms with Gasteiger partial charge in [-0.1, -0.05) is 0 Å². The molecule has 0 unspecified atom stereocenters. The van der Waals surface area contributed by atoms with Gasteiger partial charge in [-0.3, -0.25) is 4.79 Å². The number of nitrogens with zero attached hydrogens (tertiary/aromatic N) is 2. The summed E-state index contributed by atoms with van der Waals surface area (Å²) in [6.45, 7) is 0.852. The summed E-state index contributed by atoms with van der Waals surface area (Å²) in [7, 11) is 1.62. The Hall–Kier alpha value is -2.64. The lowest BCUT2D eigenvalue weighted by Gasteiger charge is -2.15. The molecule has 2 atom stereocenters.